The molecule has 0 spiro atoms. The van der Waals surface area contributed by atoms with E-state index in [1.807, 2.05) is 30.3 Å². The predicted octanol–water partition coefficient (Wildman–Crippen LogP) is 3.21. The number of fused-ring (bicyclic) bond motifs is 1. The zero-order valence-corrected chi connectivity index (χ0v) is 13.1. The molecular formula is C14H12BrN3OS. The van der Waals surface area contributed by atoms with E-state index in [-0.39, 0.29) is 11.9 Å². The maximum atomic E-state index is 11.8. The quantitative estimate of drug-likeness (QED) is 0.893. The Kier molecular flexibility index (Phi) is 3.78. The fourth-order valence-electron chi connectivity index (χ4n) is 2.15. The van der Waals surface area contributed by atoms with Gasteiger partial charge in [0, 0.05) is 22.3 Å². The molecule has 20 heavy (non-hydrogen) atoms. The van der Waals surface area contributed by atoms with Crippen LogP contribution < -0.4 is 10.6 Å². The number of carbonyl (C=O) groups is 1. The molecule has 6 heteroatoms. The molecular weight excluding hydrogens is 338 g/mol. The SMILES string of the molecule is CNC1C(=O)Nc2cc(Sc3ncccc3Br)ccc21. The molecule has 1 aliphatic heterocycles. The minimum absolute atomic E-state index is 0.0105. The molecule has 0 fully saturated rings. The summed E-state index contributed by atoms with van der Waals surface area (Å²) in [6.07, 6.45) is 1.76. The van der Waals surface area contributed by atoms with Gasteiger partial charge < -0.3 is 10.6 Å². The van der Waals surface area contributed by atoms with Gasteiger partial charge in [0.2, 0.25) is 5.91 Å². The Morgan fingerprint density at radius 2 is 2.25 bits per heavy atom. The van der Waals surface area contributed by atoms with Crippen molar-refractivity contribution in [1.82, 2.24) is 10.3 Å². The molecule has 0 radical (unpaired) electrons. The number of amides is 1. The van der Waals surface area contributed by atoms with E-state index in [2.05, 4.69) is 31.5 Å². The van der Waals surface area contributed by atoms with Gasteiger partial charge in [-0.1, -0.05) is 17.8 Å². The molecule has 0 aliphatic carbocycles. The van der Waals surface area contributed by atoms with Crippen molar-refractivity contribution in [2.45, 2.75) is 16.0 Å². The van der Waals surface area contributed by atoms with Crippen LogP contribution in [0.2, 0.25) is 0 Å². The molecule has 1 aromatic carbocycles. The Morgan fingerprint density at radius 1 is 1.40 bits per heavy atom. The Bertz CT molecular complexity index is 677. The van der Waals surface area contributed by atoms with Gasteiger partial charge in [0.25, 0.3) is 0 Å². The number of likely N-dealkylation sites (N-methyl/N-ethyl adjacent to an activating group) is 1. The van der Waals surface area contributed by atoms with Crippen molar-refractivity contribution in [3.63, 3.8) is 0 Å². The summed E-state index contributed by atoms with van der Waals surface area (Å²) in [4.78, 5) is 17.2. The van der Waals surface area contributed by atoms with E-state index >= 15 is 0 Å². The van der Waals surface area contributed by atoms with Crippen LogP contribution in [0.5, 0.6) is 0 Å². The Labute approximate surface area is 129 Å². The molecule has 2 N–H and O–H groups in total. The average molecular weight is 350 g/mol. The number of hydrogen-bond acceptors (Lipinski definition) is 4. The number of nitrogens with one attached hydrogen (secondary N) is 2. The van der Waals surface area contributed by atoms with Gasteiger partial charge in [-0.2, -0.15) is 0 Å². The molecule has 3 rings (SSSR count). The zero-order chi connectivity index (χ0) is 14.1. The second-order valence-electron chi connectivity index (χ2n) is 4.35. The number of pyridine rings is 1. The van der Waals surface area contributed by atoms with Crippen LogP contribution in [0.4, 0.5) is 5.69 Å². The molecule has 2 aromatic rings. The van der Waals surface area contributed by atoms with E-state index in [1.54, 1.807) is 25.0 Å². The summed E-state index contributed by atoms with van der Waals surface area (Å²) in [5.41, 5.74) is 1.85. The van der Waals surface area contributed by atoms with Crippen LogP contribution in [0, 0.1) is 0 Å². The summed E-state index contributed by atoms with van der Waals surface area (Å²) < 4.78 is 0.961. The van der Waals surface area contributed by atoms with E-state index in [1.165, 1.54) is 0 Å². The standard InChI is InChI=1S/C14H12BrN3OS/c1-16-12-9-5-4-8(7-11(9)18-13(12)19)20-14-10(15)3-2-6-17-14/h2-7,12,16H,1H3,(H,18,19). The molecule has 0 bridgehead atoms. The van der Waals surface area contributed by atoms with Crippen molar-refractivity contribution in [1.29, 1.82) is 0 Å². The Balaban J connectivity index is 1.90. The molecule has 0 saturated carbocycles. The van der Waals surface area contributed by atoms with Crippen LogP contribution in [0.3, 0.4) is 0 Å². The smallest absolute Gasteiger partial charge is 0.246 e. The van der Waals surface area contributed by atoms with Gasteiger partial charge in [-0.3, -0.25) is 4.79 Å². The topological polar surface area (TPSA) is 54.0 Å². The number of carbonyl (C=O) groups excluding carboxylic acids is 1. The first-order valence-electron chi connectivity index (χ1n) is 6.09. The highest BCUT2D eigenvalue weighted by Gasteiger charge is 2.29. The number of halogens is 1. The zero-order valence-electron chi connectivity index (χ0n) is 10.7. The monoisotopic (exact) mass is 349 g/mol. The summed E-state index contributed by atoms with van der Waals surface area (Å²) in [7, 11) is 1.78. The average Bonchev–Trinajstić information content (AvgIpc) is 2.76. The first-order chi connectivity index (χ1) is 9.69. The lowest BCUT2D eigenvalue weighted by atomic mass is 10.1. The third-order valence-electron chi connectivity index (χ3n) is 3.08. The van der Waals surface area contributed by atoms with Crippen LogP contribution in [-0.4, -0.2) is 17.9 Å². The number of rotatable bonds is 3. The van der Waals surface area contributed by atoms with E-state index in [9.17, 15) is 4.79 Å². The third kappa shape index (κ3) is 2.46. The predicted molar refractivity (Wildman–Crippen MR) is 82.9 cm³/mol. The number of hydrogen-bond donors (Lipinski definition) is 2. The van der Waals surface area contributed by atoms with E-state index in [0.717, 1.165) is 25.6 Å². The van der Waals surface area contributed by atoms with Gasteiger partial charge in [-0.15, -0.1) is 0 Å². The maximum Gasteiger partial charge on any atom is 0.246 e. The van der Waals surface area contributed by atoms with Crippen LogP contribution in [0.25, 0.3) is 0 Å². The van der Waals surface area contributed by atoms with Crippen LogP contribution in [-0.2, 0) is 4.79 Å². The van der Waals surface area contributed by atoms with Crippen molar-refractivity contribution in [2.24, 2.45) is 0 Å². The first kappa shape index (κ1) is 13.6. The van der Waals surface area contributed by atoms with Crippen molar-refractivity contribution in [3.05, 3.63) is 46.6 Å². The molecule has 1 aromatic heterocycles. The Hall–Kier alpha value is -1.37. The second kappa shape index (κ2) is 5.55. The molecule has 1 amide bonds. The molecule has 1 unspecified atom stereocenters. The lowest BCUT2D eigenvalue weighted by molar-refractivity contribution is -0.117. The first-order valence-corrected chi connectivity index (χ1v) is 7.70. The van der Waals surface area contributed by atoms with E-state index < -0.39 is 0 Å². The summed E-state index contributed by atoms with van der Waals surface area (Å²) >= 11 is 5.04. The summed E-state index contributed by atoms with van der Waals surface area (Å²) in [6, 6.07) is 9.56. The highest BCUT2D eigenvalue weighted by atomic mass is 79.9. The fraction of sp³-hybridized carbons (Fsp3) is 0.143. The summed E-state index contributed by atoms with van der Waals surface area (Å²) in [5, 5.41) is 6.81. The molecule has 102 valence electrons. The minimum Gasteiger partial charge on any atom is -0.324 e. The van der Waals surface area contributed by atoms with Gasteiger partial charge >= 0.3 is 0 Å². The molecule has 1 atom stereocenters. The van der Waals surface area contributed by atoms with E-state index in [0.29, 0.717) is 0 Å². The van der Waals surface area contributed by atoms with Crippen molar-refractivity contribution < 1.29 is 4.79 Å². The fourth-order valence-corrected chi connectivity index (χ4v) is 3.46. The summed E-state index contributed by atoms with van der Waals surface area (Å²) in [6.45, 7) is 0. The maximum absolute atomic E-state index is 11.8. The van der Waals surface area contributed by atoms with Gasteiger partial charge in [0.1, 0.15) is 11.1 Å². The minimum atomic E-state index is -0.259. The van der Waals surface area contributed by atoms with Crippen molar-refractivity contribution >= 4 is 39.3 Å². The highest BCUT2D eigenvalue weighted by molar-refractivity contribution is 9.10. The normalized spacial score (nSPS) is 16.9. The molecule has 1 aliphatic rings. The number of benzene rings is 1. The number of anilines is 1. The van der Waals surface area contributed by atoms with Crippen LogP contribution >= 0.6 is 27.7 Å². The van der Waals surface area contributed by atoms with E-state index in [4.69, 9.17) is 0 Å². The van der Waals surface area contributed by atoms with Gasteiger partial charge in [-0.25, -0.2) is 4.98 Å². The van der Waals surface area contributed by atoms with Crippen LogP contribution in [0.1, 0.15) is 11.6 Å². The molecule has 2 heterocycles. The van der Waals surface area contributed by atoms with Crippen molar-refractivity contribution in [3.8, 4) is 0 Å². The van der Waals surface area contributed by atoms with Gasteiger partial charge in [0.05, 0.1) is 4.47 Å². The molecule has 4 nitrogen and oxygen atoms in total. The van der Waals surface area contributed by atoms with Crippen molar-refractivity contribution in [2.75, 3.05) is 12.4 Å². The largest absolute Gasteiger partial charge is 0.324 e. The highest BCUT2D eigenvalue weighted by Crippen LogP contribution is 2.37. The summed E-state index contributed by atoms with van der Waals surface area (Å²) in [5.74, 6) is -0.0105. The number of aromatic nitrogens is 1. The Morgan fingerprint density at radius 3 is 3.00 bits per heavy atom. The second-order valence-corrected chi connectivity index (χ2v) is 6.27. The lowest BCUT2D eigenvalue weighted by Gasteiger charge is -2.07. The van der Waals surface area contributed by atoms with Crippen LogP contribution in [0.15, 0.2) is 50.9 Å². The molecule has 0 saturated heterocycles. The van der Waals surface area contributed by atoms with Gasteiger partial charge in [-0.05, 0) is 47.2 Å². The third-order valence-corrected chi connectivity index (χ3v) is 4.99. The lowest BCUT2D eigenvalue weighted by Crippen LogP contribution is -2.23. The van der Waals surface area contributed by atoms with Gasteiger partial charge in [0.15, 0.2) is 0 Å². The number of nitrogens with zero attached hydrogens (tertiary/aromatic N) is 1.